The molecule has 0 aromatic carbocycles. The third kappa shape index (κ3) is 4.09. The minimum Gasteiger partial charge on any atom is -0.348 e. The van der Waals surface area contributed by atoms with E-state index in [2.05, 4.69) is 26.9 Å². The zero-order valence-electron chi connectivity index (χ0n) is 14.4. The Morgan fingerprint density at radius 2 is 1.87 bits per heavy atom. The second kappa shape index (κ2) is 6.97. The Kier molecular flexibility index (Phi) is 4.97. The largest absolute Gasteiger partial charge is 0.348 e. The summed E-state index contributed by atoms with van der Waals surface area (Å²) < 4.78 is 0. The van der Waals surface area contributed by atoms with Crippen molar-refractivity contribution < 1.29 is 4.79 Å². The van der Waals surface area contributed by atoms with Crippen LogP contribution in [0.5, 0.6) is 0 Å². The topological polar surface area (TPSA) is 39.7 Å². The third-order valence-electron chi connectivity index (χ3n) is 5.40. The van der Waals surface area contributed by atoms with Gasteiger partial charge in [0.05, 0.1) is 12.2 Å². The van der Waals surface area contributed by atoms with Crippen molar-refractivity contribution in [2.24, 2.45) is 5.41 Å². The van der Waals surface area contributed by atoms with Gasteiger partial charge in [-0.1, -0.05) is 6.07 Å². The van der Waals surface area contributed by atoms with E-state index in [0.717, 1.165) is 38.4 Å². The molecule has 126 valence electrons. The molecule has 2 aliphatic heterocycles. The summed E-state index contributed by atoms with van der Waals surface area (Å²) in [5, 5.41) is 0. The smallest absolute Gasteiger partial charge is 0.236 e. The van der Waals surface area contributed by atoms with Crippen LogP contribution in [-0.4, -0.2) is 72.4 Å². The van der Waals surface area contributed by atoms with E-state index in [1.807, 2.05) is 26.4 Å². The van der Waals surface area contributed by atoms with Crippen molar-refractivity contribution in [3.8, 4) is 0 Å². The van der Waals surface area contributed by atoms with Crippen molar-refractivity contribution in [3.05, 3.63) is 30.1 Å². The fraction of sp³-hybridized carbons (Fsp3) is 0.667. The van der Waals surface area contributed by atoms with Gasteiger partial charge >= 0.3 is 0 Å². The predicted octanol–water partition coefficient (Wildman–Crippen LogP) is 1.46. The summed E-state index contributed by atoms with van der Waals surface area (Å²) in [4.78, 5) is 22.9. The third-order valence-corrected chi connectivity index (χ3v) is 5.40. The van der Waals surface area contributed by atoms with Crippen molar-refractivity contribution in [2.45, 2.75) is 25.8 Å². The van der Waals surface area contributed by atoms with Crippen molar-refractivity contribution in [3.63, 3.8) is 0 Å². The minimum absolute atomic E-state index is 0.217. The van der Waals surface area contributed by atoms with Gasteiger partial charge in [-0.25, -0.2) is 0 Å². The highest BCUT2D eigenvalue weighted by molar-refractivity contribution is 5.77. The van der Waals surface area contributed by atoms with Crippen LogP contribution in [0.4, 0.5) is 0 Å². The number of hydrogen-bond donors (Lipinski definition) is 0. The van der Waals surface area contributed by atoms with E-state index in [-0.39, 0.29) is 5.91 Å². The molecule has 5 nitrogen and oxygen atoms in total. The second-order valence-corrected chi connectivity index (χ2v) is 7.35. The van der Waals surface area contributed by atoms with Crippen LogP contribution in [0.1, 0.15) is 25.0 Å². The van der Waals surface area contributed by atoms with E-state index >= 15 is 0 Å². The van der Waals surface area contributed by atoms with Crippen LogP contribution >= 0.6 is 0 Å². The van der Waals surface area contributed by atoms with E-state index in [4.69, 9.17) is 0 Å². The number of carbonyl (C=O) groups is 1. The minimum atomic E-state index is 0.217. The summed E-state index contributed by atoms with van der Waals surface area (Å²) in [5.41, 5.74) is 1.60. The Labute approximate surface area is 139 Å². The van der Waals surface area contributed by atoms with Crippen molar-refractivity contribution in [1.82, 2.24) is 19.7 Å². The zero-order valence-corrected chi connectivity index (χ0v) is 14.4. The molecule has 2 fully saturated rings. The quantitative estimate of drug-likeness (QED) is 0.843. The SMILES string of the molecule is CN(C)C(=O)CN1CCC2(CCN(Cc3ccccn3)CC2)C1. The van der Waals surface area contributed by atoms with Gasteiger partial charge in [0.25, 0.3) is 0 Å². The summed E-state index contributed by atoms with van der Waals surface area (Å²) in [6, 6.07) is 6.13. The first-order valence-electron chi connectivity index (χ1n) is 8.61. The van der Waals surface area contributed by atoms with E-state index in [9.17, 15) is 4.79 Å². The number of amides is 1. The van der Waals surface area contributed by atoms with Gasteiger partial charge in [-0.05, 0) is 56.4 Å². The second-order valence-electron chi connectivity index (χ2n) is 7.35. The lowest BCUT2D eigenvalue weighted by Crippen LogP contribution is -2.42. The van der Waals surface area contributed by atoms with Gasteiger partial charge in [-0.3, -0.25) is 19.6 Å². The molecule has 0 unspecified atom stereocenters. The highest BCUT2D eigenvalue weighted by Gasteiger charge is 2.40. The highest BCUT2D eigenvalue weighted by Crippen LogP contribution is 2.40. The van der Waals surface area contributed by atoms with E-state index < -0.39 is 0 Å². The molecule has 0 N–H and O–H groups in total. The Hall–Kier alpha value is -1.46. The number of hydrogen-bond acceptors (Lipinski definition) is 4. The summed E-state index contributed by atoms with van der Waals surface area (Å²) in [7, 11) is 3.68. The molecule has 5 heteroatoms. The molecule has 0 bridgehead atoms. The maximum absolute atomic E-state index is 11.9. The molecule has 0 atom stereocenters. The number of nitrogens with zero attached hydrogens (tertiary/aromatic N) is 4. The Bertz CT molecular complexity index is 523. The summed E-state index contributed by atoms with van der Waals surface area (Å²) >= 11 is 0. The van der Waals surface area contributed by atoms with E-state index in [0.29, 0.717) is 12.0 Å². The molecule has 2 saturated heterocycles. The van der Waals surface area contributed by atoms with Crippen LogP contribution in [0.25, 0.3) is 0 Å². The van der Waals surface area contributed by atoms with Gasteiger partial charge < -0.3 is 4.90 Å². The van der Waals surface area contributed by atoms with Crippen LogP contribution in [0.15, 0.2) is 24.4 Å². The van der Waals surface area contributed by atoms with Gasteiger partial charge in [0, 0.05) is 33.4 Å². The molecule has 23 heavy (non-hydrogen) atoms. The number of aromatic nitrogens is 1. The summed E-state index contributed by atoms with van der Waals surface area (Å²) in [6.07, 6.45) is 5.60. The number of likely N-dealkylation sites (tertiary alicyclic amines) is 2. The lowest BCUT2D eigenvalue weighted by atomic mass is 9.78. The van der Waals surface area contributed by atoms with Crippen LogP contribution < -0.4 is 0 Å². The van der Waals surface area contributed by atoms with Crippen LogP contribution in [0.3, 0.4) is 0 Å². The van der Waals surface area contributed by atoms with Crippen LogP contribution in [-0.2, 0) is 11.3 Å². The average Bonchev–Trinajstić information content (AvgIpc) is 2.93. The monoisotopic (exact) mass is 316 g/mol. The molecular weight excluding hydrogens is 288 g/mol. The molecule has 3 heterocycles. The Balaban J connectivity index is 1.48. The molecule has 1 spiro atoms. The Morgan fingerprint density at radius 1 is 1.17 bits per heavy atom. The molecule has 0 saturated carbocycles. The lowest BCUT2D eigenvalue weighted by Gasteiger charge is -2.39. The molecular formula is C18H28N4O. The van der Waals surface area contributed by atoms with Gasteiger partial charge in [0.15, 0.2) is 0 Å². The van der Waals surface area contributed by atoms with Crippen LogP contribution in [0.2, 0.25) is 0 Å². The average molecular weight is 316 g/mol. The first kappa shape index (κ1) is 16.4. The molecule has 1 aromatic heterocycles. The van der Waals surface area contributed by atoms with Crippen molar-refractivity contribution in [1.29, 1.82) is 0 Å². The lowest BCUT2D eigenvalue weighted by molar-refractivity contribution is -0.129. The fourth-order valence-electron chi connectivity index (χ4n) is 3.81. The van der Waals surface area contributed by atoms with Crippen molar-refractivity contribution >= 4 is 5.91 Å². The summed E-state index contributed by atoms with van der Waals surface area (Å²) in [5.74, 6) is 0.217. The van der Waals surface area contributed by atoms with Crippen molar-refractivity contribution in [2.75, 3.05) is 46.8 Å². The molecule has 1 amide bonds. The molecule has 1 aromatic rings. The van der Waals surface area contributed by atoms with Gasteiger partial charge in [0.1, 0.15) is 0 Å². The van der Waals surface area contributed by atoms with Crippen LogP contribution in [0, 0.1) is 5.41 Å². The maximum atomic E-state index is 11.9. The number of carbonyl (C=O) groups excluding carboxylic acids is 1. The molecule has 0 radical (unpaired) electrons. The fourth-order valence-corrected chi connectivity index (χ4v) is 3.81. The van der Waals surface area contributed by atoms with E-state index in [1.165, 1.54) is 19.3 Å². The number of pyridine rings is 1. The normalized spacial score (nSPS) is 21.7. The predicted molar refractivity (Wildman–Crippen MR) is 90.9 cm³/mol. The molecule has 2 aliphatic rings. The number of likely N-dealkylation sites (N-methyl/N-ethyl adjacent to an activating group) is 1. The van der Waals surface area contributed by atoms with Gasteiger partial charge in [-0.2, -0.15) is 0 Å². The first-order chi connectivity index (χ1) is 11.1. The standard InChI is InChI=1S/C18H28N4O/c1-20(2)17(23)14-22-12-8-18(15-22)6-10-21(11-7-18)13-16-5-3-4-9-19-16/h3-5,9H,6-8,10-15H2,1-2H3. The zero-order chi connectivity index (χ0) is 16.3. The van der Waals surface area contributed by atoms with E-state index in [1.54, 1.807) is 4.90 Å². The molecule has 3 rings (SSSR count). The molecule has 0 aliphatic carbocycles. The summed E-state index contributed by atoms with van der Waals surface area (Å²) in [6.45, 7) is 5.98. The first-order valence-corrected chi connectivity index (χ1v) is 8.61. The van der Waals surface area contributed by atoms with Gasteiger partial charge in [0.2, 0.25) is 5.91 Å². The number of piperidine rings is 1. The van der Waals surface area contributed by atoms with Gasteiger partial charge in [-0.15, -0.1) is 0 Å². The Morgan fingerprint density at radius 3 is 2.48 bits per heavy atom. The number of rotatable bonds is 4. The maximum Gasteiger partial charge on any atom is 0.236 e. The highest BCUT2D eigenvalue weighted by atomic mass is 16.2.